The molecule has 6 heteroatoms. The molecule has 0 aromatic heterocycles. The first-order valence-corrected chi connectivity index (χ1v) is 11.3. The van der Waals surface area contributed by atoms with Crippen LogP contribution in [-0.4, -0.2) is 23.3 Å². The van der Waals surface area contributed by atoms with Crippen molar-refractivity contribution in [3.05, 3.63) is 46.6 Å². The van der Waals surface area contributed by atoms with Gasteiger partial charge in [-0.15, -0.1) is 8.78 Å². The number of hydrogen-bond acceptors (Lipinski definition) is 4. The summed E-state index contributed by atoms with van der Waals surface area (Å²) in [5, 5.41) is 10.9. The zero-order chi connectivity index (χ0) is 21.5. The van der Waals surface area contributed by atoms with Crippen LogP contribution in [0.1, 0.15) is 63.4 Å². The van der Waals surface area contributed by atoms with Crippen LogP contribution in [0.2, 0.25) is 0 Å². The topological polar surface area (TPSA) is 55.8 Å². The van der Waals surface area contributed by atoms with E-state index < -0.39 is 6.29 Å². The van der Waals surface area contributed by atoms with Gasteiger partial charge in [0.05, 0.1) is 6.10 Å². The first-order chi connectivity index (χ1) is 14.7. The Labute approximate surface area is 179 Å². The largest absolute Gasteiger partial charge is 0.586 e. The van der Waals surface area contributed by atoms with Crippen molar-refractivity contribution in [2.75, 3.05) is 0 Å². The zero-order valence-corrected chi connectivity index (χ0v) is 17.5. The highest BCUT2D eigenvalue weighted by Crippen LogP contribution is 2.64. The van der Waals surface area contributed by atoms with E-state index in [-0.39, 0.29) is 34.7 Å². The number of hydrogen-bond donors (Lipinski definition) is 1. The van der Waals surface area contributed by atoms with E-state index in [1.807, 2.05) is 12.1 Å². The van der Waals surface area contributed by atoms with Gasteiger partial charge in [-0.3, -0.25) is 4.79 Å². The lowest BCUT2D eigenvalue weighted by Gasteiger charge is -2.52. The minimum atomic E-state index is -3.64. The highest BCUT2D eigenvalue weighted by molar-refractivity contribution is 5.93. The molecular weight excluding hydrogens is 402 g/mol. The molecule has 2 fully saturated rings. The molecular formula is C25H26F2O4. The van der Waals surface area contributed by atoms with Gasteiger partial charge in [-0.05, 0) is 90.7 Å². The van der Waals surface area contributed by atoms with Gasteiger partial charge in [-0.1, -0.05) is 18.6 Å². The maximum atomic E-state index is 13.6. The Kier molecular flexibility index (Phi) is 4.03. The van der Waals surface area contributed by atoms with Gasteiger partial charge in [0.15, 0.2) is 17.3 Å². The van der Waals surface area contributed by atoms with Gasteiger partial charge in [-0.2, -0.15) is 0 Å². The summed E-state index contributed by atoms with van der Waals surface area (Å²) < 4.78 is 36.5. The minimum absolute atomic E-state index is 0.00836. The van der Waals surface area contributed by atoms with Crippen LogP contribution in [0.5, 0.6) is 11.5 Å². The van der Waals surface area contributed by atoms with Gasteiger partial charge < -0.3 is 14.6 Å². The summed E-state index contributed by atoms with van der Waals surface area (Å²) in [4.78, 5) is 12.1. The molecule has 1 aromatic carbocycles. The number of carbonyl (C=O) groups is 1. The monoisotopic (exact) mass is 428 g/mol. The second-order valence-corrected chi connectivity index (χ2v) is 10.1. The summed E-state index contributed by atoms with van der Waals surface area (Å²) >= 11 is 0. The van der Waals surface area contributed by atoms with Gasteiger partial charge >= 0.3 is 6.29 Å². The summed E-state index contributed by atoms with van der Waals surface area (Å²) in [6, 6.07) is 5.10. The maximum absolute atomic E-state index is 13.6. The first kappa shape index (κ1) is 19.5. The smallest absolute Gasteiger partial charge is 0.395 e. The number of alkyl halides is 2. The Bertz CT molecular complexity index is 1040. The lowest BCUT2D eigenvalue weighted by molar-refractivity contribution is -0.286. The number of halogens is 2. The van der Waals surface area contributed by atoms with E-state index in [0.29, 0.717) is 18.3 Å². The SMILES string of the molecule is CC12CC(c3ccc4c(c3)OC(F)(F)O4)C3=C4CCC(=O)C=C4CCC3C1CCC2O. The molecule has 164 valence electrons. The molecule has 1 aromatic rings. The van der Waals surface area contributed by atoms with Crippen molar-refractivity contribution >= 4 is 5.78 Å². The van der Waals surface area contributed by atoms with Crippen LogP contribution in [0.3, 0.4) is 0 Å². The maximum Gasteiger partial charge on any atom is 0.586 e. The highest BCUT2D eigenvalue weighted by atomic mass is 19.3. The molecule has 31 heavy (non-hydrogen) atoms. The van der Waals surface area contributed by atoms with Crippen molar-refractivity contribution in [1.82, 2.24) is 0 Å². The Morgan fingerprint density at radius 2 is 1.87 bits per heavy atom. The van der Waals surface area contributed by atoms with Crippen LogP contribution in [-0.2, 0) is 4.79 Å². The summed E-state index contributed by atoms with van der Waals surface area (Å²) in [5.41, 5.74) is 4.54. The van der Waals surface area contributed by atoms with Crippen molar-refractivity contribution in [2.45, 2.75) is 70.2 Å². The van der Waals surface area contributed by atoms with E-state index in [1.165, 1.54) is 11.1 Å². The molecule has 0 spiro atoms. The van der Waals surface area contributed by atoms with E-state index in [2.05, 4.69) is 11.7 Å². The molecule has 0 amide bonds. The summed E-state index contributed by atoms with van der Waals surface area (Å²) in [7, 11) is 0. The number of rotatable bonds is 1. The number of fused-ring (bicyclic) bond motifs is 5. The molecule has 0 radical (unpaired) electrons. The van der Waals surface area contributed by atoms with Crippen molar-refractivity contribution in [3.63, 3.8) is 0 Å². The summed E-state index contributed by atoms with van der Waals surface area (Å²) in [6.45, 7) is 2.20. The van der Waals surface area contributed by atoms with Crippen LogP contribution in [0.4, 0.5) is 8.78 Å². The molecule has 5 unspecified atom stereocenters. The third kappa shape index (κ3) is 2.83. The number of ketones is 1. The zero-order valence-electron chi connectivity index (χ0n) is 17.5. The fourth-order valence-electron chi connectivity index (χ4n) is 7.11. The first-order valence-electron chi connectivity index (χ1n) is 11.3. The molecule has 1 N–H and O–H groups in total. The van der Waals surface area contributed by atoms with Gasteiger partial charge in [-0.25, -0.2) is 0 Å². The molecule has 0 bridgehead atoms. The molecule has 0 saturated heterocycles. The lowest BCUT2D eigenvalue weighted by atomic mass is 9.53. The average Bonchev–Trinajstić information content (AvgIpc) is 3.20. The van der Waals surface area contributed by atoms with E-state index in [9.17, 15) is 18.7 Å². The number of ether oxygens (including phenoxy) is 2. The fraction of sp³-hybridized carbons (Fsp3) is 0.560. The molecule has 1 heterocycles. The van der Waals surface area contributed by atoms with Crippen LogP contribution < -0.4 is 9.47 Å². The van der Waals surface area contributed by atoms with E-state index in [0.717, 1.165) is 49.7 Å². The number of benzene rings is 1. The molecule has 5 atom stereocenters. The quantitative estimate of drug-likeness (QED) is 0.662. The third-order valence-electron chi connectivity index (χ3n) is 8.51. The molecule has 4 aliphatic carbocycles. The molecule has 4 nitrogen and oxygen atoms in total. The number of aliphatic hydroxyl groups is 1. The number of carbonyl (C=O) groups excluding carboxylic acids is 1. The highest BCUT2D eigenvalue weighted by Gasteiger charge is 2.56. The van der Waals surface area contributed by atoms with Gasteiger partial charge in [0.2, 0.25) is 0 Å². The second kappa shape index (κ2) is 6.41. The number of aliphatic hydroxyl groups excluding tert-OH is 1. The van der Waals surface area contributed by atoms with Crippen LogP contribution in [0, 0.1) is 17.3 Å². The predicted octanol–water partition coefficient (Wildman–Crippen LogP) is 5.27. The normalized spacial score (nSPS) is 37.8. The number of allylic oxidation sites excluding steroid dienone is 4. The van der Waals surface area contributed by atoms with Gasteiger partial charge in [0, 0.05) is 12.3 Å². The Morgan fingerprint density at radius 1 is 1.06 bits per heavy atom. The van der Waals surface area contributed by atoms with Crippen molar-refractivity contribution < 1.29 is 28.2 Å². The minimum Gasteiger partial charge on any atom is -0.395 e. The van der Waals surface area contributed by atoms with Crippen LogP contribution in [0.15, 0.2) is 41.0 Å². The Hall–Kier alpha value is -2.21. The summed E-state index contributed by atoms with van der Waals surface area (Å²) in [6.07, 6.45) is 3.57. The van der Waals surface area contributed by atoms with Gasteiger partial charge in [0.25, 0.3) is 0 Å². The van der Waals surface area contributed by atoms with Crippen LogP contribution in [0.25, 0.3) is 0 Å². The van der Waals surface area contributed by atoms with Crippen LogP contribution >= 0.6 is 0 Å². The second-order valence-electron chi connectivity index (χ2n) is 10.1. The van der Waals surface area contributed by atoms with E-state index >= 15 is 0 Å². The molecule has 2 saturated carbocycles. The Balaban J connectivity index is 1.50. The van der Waals surface area contributed by atoms with E-state index in [1.54, 1.807) is 12.1 Å². The lowest BCUT2D eigenvalue weighted by Crippen LogP contribution is -2.45. The summed E-state index contributed by atoms with van der Waals surface area (Å²) in [5.74, 6) is 1.09. The fourth-order valence-corrected chi connectivity index (χ4v) is 7.11. The average molecular weight is 428 g/mol. The van der Waals surface area contributed by atoms with Gasteiger partial charge in [0.1, 0.15) is 0 Å². The third-order valence-corrected chi connectivity index (χ3v) is 8.51. The van der Waals surface area contributed by atoms with Crippen molar-refractivity contribution in [2.24, 2.45) is 17.3 Å². The predicted molar refractivity (Wildman–Crippen MR) is 109 cm³/mol. The Morgan fingerprint density at radius 3 is 2.71 bits per heavy atom. The van der Waals surface area contributed by atoms with Crippen molar-refractivity contribution in [1.29, 1.82) is 0 Å². The standard InChI is InChI=1S/C25H26F2O4/c1-24-12-18(14-3-8-20-21(11-14)31-25(26,27)30-20)23-16-6-4-15(28)10-13(16)2-5-17(23)19(24)7-9-22(24)29/h3,8,10-11,17-19,22,29H,2,4-7,9,12H2,1H3. The molecule has 1 aliphatic heterocycles. The molecule has 6 rings (SSSR count). The molecule has 5 aliphatic rings. The van der Waals surface area contributed by atoms with Crippen molar-refractivity contribution in [3.8, 4) is 11.5 Å². The van der Waals surface area contributed by atoms with E-state index in [4.69, 9.17) is 4.74 Å².